The van der Waals surface area contributed by atoms with Crippen molar-refractivity contribution in [3.05, 3.63) is 0 Å². The van der Waals surface area contributed by atoms with Gasteiger partial charge in [-0.2, -0.15) is 0 Å². The van der Waals surface area contributed by atoms with Crippen LogP contribution in [-0.2, 0) is 9.53 Å². The molecule has 2 unspecified atom stereocenters. The van der Waals surface area contributed by atoms with E-state index in [1.54, 1.807) is 19.0 Å². The molecule has 0 aliphatic heterocycles. The fraction of sp³-hybridized carbons (Fsp3) is 0.875. The molecule has 6 nitrogen and oxygen atoms in total. The molecule has 0 heterocycles. The lowest BCUT2D eigenvalue weighted by Crippen LogP contribution is -2.51. The average molecular weight is 315 g/mol. The normalized spacial score (nSPS) is 14.4. The molecule has 2 N–H and O–H groups in total. The third-order valence-electron chi connectivity index (χ3n) is 2.88. The lowest BCUT2D eigenvalue weighted by Gasteiger charge is -2.27. The number of hydrogen-bond acceptors (Lipinski definition) is 4. The molecule has 130 valence electrons. The summed E-state index contributed by atoms with van der Waals surface area (Å²) in [6.07, 6.45) is 0.314. The van der Waals surface area contributed by atoms with Gasteiger partial charge in [-0.3, -0.25) is 4.79 Å². The van der Waals surface area contributed by atoms with E-state index in [-0.39, 0.29) is 18.0 Å². The molecule has 0 saturated carbocycles. The molecule has 0 bridgehead atoms. The number of carbonyl (C=O) groups excluding carboxylic acids is 2. The Morgan fingerprint density at radius 1 is 1.14 bits per heavy atom. The van der Waals surface area contributed by atoms with Crippen LogP contribution in [0, 0.1) is 5.92 Å². The highest BCUT2D eigenvalue weighted by atomic mass is 16.6. The van der Waals surface area contributed by atoms with E-state index in [1.165, 1.54) is 0 Å². The van der Waals surface area contributed by atoms with Crippen molar-refractivity contribution in [2.75, 3.05) is 20.6 Å². The Bertz CT molecular complexity index is 362. The van der Waals surface area contributed by atoms with Gasteiger partial charge in [-0.15, -0.1) is 0 Å². The van der Waals surface area contributed by atoms with E-state index in [0.717, 1.165) is 6.42 Å². The van der Waals surface area contributed by atoms with Crippen LogP contribution in [0.4, 0.5) is 4.79 Å². The minimum Gasteiger partial charge on any atom is -0.444 e. The fourth-order valence-electron chi connectivity index (χ4n) is 1.98. The van der Waals surface area contributed by atoms with Gasteiger partial charge in [0, 0.05) is 26.7 Å². The maximum absolute atomic E-state index is 12.2. The number of rotatable bonds is 7. The van der Waals surface area contributed by atoms with Crippen LogP contribution in [-0.4, -0.2) is 55.2 Å². The second kappa shape index (κ2) is 8.98. The Kier molecular flexibility index (Phi) is 8.45. The summed E-state index contributed by atoms with van der Waals surface area (Å²) in [6.45, 7) is 12.0. The van der Waals surface area contributed by atoms with Crippen LogP contribution in [0.25, 0.3) is 0 Å². The summed E-state index contributed by atoms with van der Waals surface area (Å²) in [5.41, 5.74) is -0.512. The number of nitrogens with one attached hydrogen (secondary N) is 2. The largest absolute Gasteiger partial charge is 0.444 e. The number of carbonyl (C=O) groups is 2. The lowest BCUT2D eigenvalue weighted by molar-refractivity contribution is -0.131. The van der Waals surface area contributed by atoms with Crippen molar-refractivity contribution < 1.29 is 14.3 Å². The topological polar surface area (TPSA) is 70.7 Å². The molecule has 0 aliphatic rings. The fourth-order valence-corrected chi connectivity index (χ4v) is 1.98. The number of amides is 2. The highest BCUT2D eigenvalue weighted by molar-refractivity contribution is 5.81. The number of ether oxygens (including phenoxy) is 1. The summed E-state index contributed by atoms with van der Waals surface area (Å²) in [5.74, 6) is 0.463. The summed E-state index contributed by atoms with van der Waals surface area (Å²) in [7, 11) is 3.50. The van der Waals surface area contributed by atoms with Crippen molar-refractivity contribution in [1.29, 1.82) is 0 Å². The Hall–Kier alpha value is -1.30. The molecule has 2 atom stereocenters. The van der Waals surface area contributed by atoms with Crippen molar-refractivity contribution in [1.82, 2.24) is 15.5 Å². The first-order valence-electron chi connectivity index (χ1n) is 7.86. The second-order valence-electron chi connectivity index (χ2n) is 7.37. The molecule has 0 rings (SSSR count). The molecule has 0 radical (unpaired) electrons. The molecule has 0 fully saturated rings. The van der Waals surface area contributed by atoms with Crippen molar-refractivity contribution in [3.8, 4) is 0 Å². The second-order valence-corrected chi connectivity index (χ2v) is 7.37. The van der Waals surface area contributed by atoms with Gasteiger partial charge in [0.15, 0.2) is 0 Å². The minimum atomic E-state index is -0.512. The predicted octanol–water partition coefficient (Wildman–Crippen LogP) is 1.99. The quantitative estimate of drug-likeness (QED) is 0.754. The van der Waals surface area contributed by atoms with Crippen molar-refractivity contribution in [2.45, 2.75) is 65.6 Å². The van der Waals surface area contributed by atoms with Gasteiger partial charge in [-0.25, -0.2) is 4.79 Å². The molecule has 2 amide bonds. The van der Waals surface area contributed by atoms with Crippen LogP contribution >= 0.6 is 0 Å². The molecule has 0 aromatic heterocycles. The highest BCUT2D eigenvalue weighted by Crippen LogP contribution is 2.08. The molecular formula is C16H33N3O3. The zero-order valence-electron chi connectivity index (χ0n) is 15.3. The van der Waals surface area contributed by atoms with E-state index in [4.69, 9.17) is 4.74 Å². The first-order valence-corrected chi connectivity index (χ1v) is 7.86. The number of likely N-dealkylation sites (N-methyl/N-ethyl adjacent to an activating group) is 1. The molecule has 0 aromatic carbocycles. The maximum atomic E-state index is 12.2. The number of nitrogens with zero attached hydrogens (tertiary/aromatic N) is 1. The van der Waals surface area contributed by atoms with Crippen LogP contribution in [0.15, 0.2) is 0 Å². The molecular weight excluding hydrogens is 282 g/mol. The molecule has 22 heavy (non-hydrogen) atoms. The van der Waals surface area contributed by atoms with E-state index in [9.17, 15) is 9.59 Å². The minimum absolute atomic E-state index is 0.0276. The molecule has 0 saturated heterocycles. The maximum Gasteiger partial charge on any atom is 0.407 e. The molecule has 6 heteroatoms. The Labute approximate surface area is 135 Å². The van der Waals surface area contributed by atoms with Crippen molar-refractivity contribution >= 4 is 12.0 Å². The summed E-state index contributed by atoms with van der Waals surface area (Å²) >= 11 is 0. The monoisotopic (exact) mass is 315 g/mol. The van der Waals surface area contributed by atoms with E-state index in [0.29, 0.717) is 12.5 Å². The van der Waals surface area contributed by atoms with Gasteiger partial charge in [0.2, 0.25) is 5.91 Å². The lowest BCUT2D eigenvalue weighted by atomic mass is 10.0. The summed E-state index contributed by atoms with van der Waals surface area (Å²) in [4.78, 5) is 25.4. The standard InChI is InChI=1S/C16H33N3O3/c1-11(2)9-13(14(20)19(7)8)18-12(3)10-17-15(21)22-16(4,5)6/h11-13,18H,9-10H2,1-8H3,(H,17,21). The van der Waals surface area contributed by atoms with Gasteiger partial charge >= 0.3 is 6.09 Å². The third-order valence-corrected chi connectivity index (χ3v) is 2.88. The predicted molar refractivity (Wildman–Crippen MR) is 88.8 cm³/mol. The van der Waals surface area contributed by atoms with Gasteiger partial charge in [-0.1, -0.05) is 13.8 Å². The number of alkyl carbamates (subject to hydrolysis) is 1. The van der Waals surface area contributed by atoms with Crippen molar-refractivity contribution in [3.63, 3.8) is 0 Å². The smallest absolute Gasteiger partial charge is 0.407 e. The molecule has 0 aliphatic carbocycles. The first kappa shape index (κ1) is 20.7. The average Bonchev–Trinajstić information content (AvgIpc) is 2.31. The van der Waals surface area contributed by atoms with E-state index in [1.807, 2.05) is 27.7 Å². The van der Waals surface area contributed by atoms with Gasteiger partial charge in [0.05, 0.1) is 6.04 Å². The zero-order valence-corrected chi connectivity index (χ0v) is 15.3. The van der Waals surface area contributed by atoms with Crippen LogP contribution in [0.3, 0.4) is 0 Å². The van der Waals surface area contributed by atoms with Gasteiger partial charge in [0.25, 0.3) is 0 Å². The summed E-state index contributed by atoms with van der Waals surface area (Å²) in [6, 6.07) is -0.273. The van der Waals surface area contributed by atoms with Crippen molar-refractivity contribution in [2.24, 2.45) is 5.92 Å². The van der Waals surface area contributed by atoms with Gasteiger partial charge in [0.1, 0.15) is 5.60 Å². The van der Waals surface area contributed by atoms with Gasteiger partial charge < -0.3 is 20.3 Å². The zero-order chi connectivity index (χ0) is 17.5. The Balaban J connectivity index is 4.42. The summed E-state index contributed by atoms with van der Waals surface area (Å²) < 4.78 is 5.19. The van der Waals surface area contributed by atoms with E-state index >= 15 is 0 Å². The van der Waals surface area contributed by atoms with Crippen LogP contribution in [0.1, 0.15) is 48.0 Å². The number of hydrogen-bond donors (Lipinski definition) is 2. The molecule has 0 aromatic rings. The van der Waals surface area contributed by atoms with E-state index < -0.39 is 11.7 Å². The van der Waals surface area contributed by atoms with Crippen LogP contribution in [0.5, 0.6) is 0 Å². The first-order chi connectivity index (χ1) is 9.92. The van der Waals surface area contributed by atoms with E-state index in [2.05, 4.69) is 24.5 Å². The Morgan fingerprint density at radius 2 is 1.68 bits per heavy atom. The van der Waals surface area contributed by atoms with Crippen LogP contribution in [0.2, 0.25) is 0 Å². The summed E-state index contributed by atoms with van der Waals surface area (Å²) in [5, 5.41) is 6.00. The Morgan fingerprint density at radius 3 is 2.09 bits per heavy atom. The van der Waals surface area contributed by atoms with Gasteiger partial charge in [-0.05, 0) is 40.0 Å². The molecule has 0 spiro atoms. The third kappa shape index (κ3) is 9.60. The van der Waals surface area contributed by atoms with Crippen LogP contribution < -0.4 is 10.6 Å². The highest BCUT2D eigenvalue weighted by Gasteiger charge is 2.23. The SMILES string of the molecule is CC(C)CC(NC(C)CNC(=O)OC(C)(C)C)C(=O)N(C)C.